The Kier molecular flexibility index (Phi) is 5.90. The van der Waals surface area contributed by atoms with Crippen LogP contribution in [-0.4, -0.2) is 51.9 Å². The largest absolute Gasteiger partial charge is 0.419 e. The number of imide groups is 1. The lowest BCUT2D eigenvalue weighted by atomic mass is 9.89. The van der Waals surface area contributed by atoms with Crippen LogP contribution in [0, 0.1) is 11.8 Å². The number of carbonyl (C=O) groups is 2. The predicted molar refractivity (Wildman–Crippen MR) is 83.7 cm³/mol. The van der Waals surface area contributed by atoms with Gasteiger partial charge in [0.2, 0.25) is 12.2 Å². The van der Waals surface area contributed by atoms with Crippen LogP contribution in [0.5, 0.6) is 0 Å². The molecule has 2 aliphatic rings. The number of halogens is 1. The molecule has 0 saturated carbocycles. The Morgan fingerprint density at radius 2 is 2.26 bits per heavy atom. The molecule has 7 heteroatoms. The van der Waals surface area contributed by atoms with E-state index < -0.39 is 36.0 Å². The van der Waals surface area contributed by atoms with Gasteiger partial charge in [-0.3, -0.25) is 4.79 Å². The van der Waals surface area contributed by atoms with E-state index in [0.29, 0.717) is 0 Å². The van der Waals surface area contributed by atoms with E-state index in [4.69, 9.17) is 21.1 Å². The predicted octanol–water partition coefficient (Wildman–Crippen LogP) is 2.02. The molecule has 2 amide bonds. The lowest BCUT2D eigenvalue weighted by Gasteiger charge is -2.40. The Morgan fingerprint density at radius 1 is 1.52 bits per heavy atom. The third kappa shape index (κ3) is 3.79. The molecular formula is C16H22ClNO5. The van der Waals surface area contributed by atoms with Gasteiger partial charge in [0.15, 0.2) is 5.60 Å². The number of fused-ring (bicyclic) bond motifs is 1. The van der Waals surface area contributed by atoms with Crippen molar-refractivity contribution in [3.05, 3.63) is 0 Å². The highest BCUT2D eigenvalue weighted by atomic mass is 35.5. The molecule has 0 spiro atoms. The van der Waals surface area contributed by atoms with E-state index in [9.17, 15) is 14.7 Å². The fraction of sp³-hybridized carbons (Fsp3) is 0.750. The summed E-state index contributed by atoms with van der Waals surface area (Å²) in [6.45, 7) is 3.78. The van der Waals surface area contributed by atoms with E-state index in [2.05, 4.69) is 18.8 Å². The van der Waals surface area contributed by atoms with Gasteiger partial charge >= 0.3 is 6.09 Å². The van der Waals surface area contributed by atoms with Crippen molar-refractivity contribution >= 4 is 23.6 Å². The van der Waals surface area contributed by atoms with Crippen LogP contribution < -0.4 is 0 Å². The quantitative estimate of drug-likeness (QED) is 0.480. The summed E-state index contributed by atoms with van der Waals surface area (Å²) in [6, 6.07) is -0.668. The number of rotatable bonds is 4. The Balaban J connectivity index is 2.07. The summed E-state index contributed by atoms with van der Waals surface area (Å²) in [4.78, 5) is 24.5. The number of hydrogen-bond donors (Lipinski definition) is 1. The van der Waals surface area contributed by atoms with Crippen LogP contribution in [-0.2, 0) is 14.3 Å². The SMILES string of the molecule is CCCCCC#C[C@@]1(C)O[C@@H]2OC(=O)N(C(=O)CCl)[C@@H]2C[C@H]1O. The molecule has 1 N–H and O–H groups in total. The Hall–Kier alpha value is -1.29. The molecule has 128 valence electrons. The number of carbonyl (C=O) groups excluding carboxylic acids is 2. The number of amides is 2. The average Bonchev–Trinajstić information content (AvgIpc) is 2.81. The maximum atomic E-state index is 11.8. The maximum Gasteiger partial charge on any atom is 0.419 e. The fourth-order valence-electron chi connectivity index (χ4n) is 2.75. The molecule has 4 atom stereocenters. The minimum Gasteiger partial charge on any atom is -0.417 e. The lowest BCUT2D eigenvalue weighted by molar-refractivity contribution is -0.219. The van der Waals surface area contributed by atoms with Gasteiger partial charge in [-0.1, -0.05) is 25.7 Å². The summed E-state index contributed by atoms with van der Waals surface area (Å²) in [5.41, 5.74) is -1.12. The number of ether oxygens (including phenoxy) is 2. The summed E-state index contributed by atoms with van der Waals surface area (Å²) < 4.78 is 10.8. The molecule has 2 heterocycles. The summed E-state index contributed by atoms with van der Waals surface area (Å²) in [5, 5.41) is 10.4. The molecule has 6 nitrogen and oxygen atoms in total. The Bertz CT molecular complexity index is 528. The van der Waals surface area contributed by atoms with Crippen molar-refractivity contribution in [3.8, 4) is 11.8 Å². The molecule has 23 heavy (non-hydrogen) atoms. The highest BCUT2D eigenvalue weighted by Crippen LogP contribution is 2.36. The molecule has 0 radical (unpaired) electrons. The molecule has 0 aromatic rings. The van der Waals surface area contributed by atoms with Gasteiger partial charge in [0.05, 0.1) is 6.10 Å². The molecule has 0 unspecified atom stereocenters. The summed E-state index contributed by atoms with van der Waals surface area (Å²) in [7, 11) is 0. The van der Waals surface area contributed by atoms with Crippen molar-refractivity contribution in [1.82, 2.24) is 4.90 Å². The normalized spacial score (nSPS) is 32.8. The van der Waals surface area contributed by atoms with E-state index in [1.807, 2.05) is 0 Å². The van der Waals surface area contributed by atoms with Crippen molar-refractivity contribution in [1.29, 1.82) is 0 Å². The van der Waals surface area contributed by atoms with Crippen molar-refractivity contribution in [2.24, 2.45) is 0 Å². The van der Waals surface area contributed by atoms with Gasteiger partial charge in [-0.25, -0.2) is 9.69 Å². The maximum absolute atomic E-state index is 11.8. The van der Waals surface area contributed by atoms with Gasteiger partial charge in [-0.2, -0.15) is 0 Å². The van der Waals surface area contributed by atoms with Crippen LogP contribution in [0.1, 0.15) is 46.0 Å². The van der Waals surface area contributed by atoms with Crippen LogP contribution in [0.15, 0.2) is 0 Å². The standard InChI is InChI=1S/C16H22ClNO5/c1-3-4-5-6-7-8-16(2)12(19)9-11-14(23-16)22-15(21)18(11)13(20)10-17/h11-12,14,19H,3-6,9-10H2,1-2H3/t11-,12-,14+,16-/m1/s1. The van der Waals surface area contributed by atoms with Gasteiger partial charge in [0, 0.05) is 12.8 Å². The zero-order valence-corrected chi connectivity index (χ0v) is 14.1. The summed E-state index contributed by atoms with van der Waals surface area (Å²) in [6.07, 6.45) is 1.45. The minimum atomic E-state index is -1.12. The van der Waals surface area contributed by atoms with Crippen molar-refractivity contribution in [2.45, 2.75) is 70.0 Å². The first-order valence-corrected chi connectivity index (χ1v) is 8.41. The number of alkyl halides is 1. The monoisotopic (exact) mass is 343 g/mol. The van der Waals surface area contributed by atoms with Crippen molar-refractivity contribution in [2.75, 3.05) is 5.88 Å². The summed E-state index contributed by atoms with van der Waals surface area (Å²) >= 11 is 5.51. The van der Waals surface area contributed by atoms with E-state index in [1.165, 1.54) is 0 Å². The molecule has 0 bridgehead atoms. The highest BCUT2D eigenvalue weighted by Gasteiger charge is 2.55. The van der Waals surface area contributed by atoms with E-state index in [0.717, 1.165) is 30.6 Å². The van der Waals surface area contributed by atoms with Crippen LogP contribution >= 0.6 is 11.6 Å². The molecule has 2 saturated heterocycles. The van der Waals surface area contributed by atoms with Crippen molar-refractivity contribution < 1.29 is 24.2 Å². The average molecular weight is 344 g/mol. The van der Waals surface area contributed by atoms with Crippen LogP contribution in [0.2, 0.25) is 0 Å². The number of unbranched alkanes of at least 4 members (excludes halogenated alkanes) is 3. The number of hydrogen-bond acceptors (Lipinski definition) is 5. The smallest absolute Gasteiger partial charge is 0.417 e. The molecular weight excluding hydrogens is 322 g/mol. The molecule has 0 aromatic carbocycles. The zero-order valence-electron chi connectivity index (χ0n) is 13.4. The first kappa shape index (κ1) is 18.1. The number of aliphatic hydroxyl groups is 1. The van der Waals surface area contributed by atoms with Gasteiger partial charge in [-0.05, 0) is 13.3 Å². The van der Waals surface area contributed by atoms with E-state index >= 15 is 0 Å². The third-order valence-electron chi connectivity index (χ3n) is 4.15. The van der Waals surface area contributed by atoms with Crippen LogP contribution in [0.3, 0.4) is 0 Å². The van der Waals surface area contributed by atoms with E-state index in [1.54, 1.807) is 6.92 Å². The second-order valence-electron chi connectivity index (χ2n) is 5.95. The van der Waals surface area contributed by atoms with Crippen LogP contribution in [0.4, 0.5) is 4.79 Å². The minimum absolute atomic E-state index is 0.152. The zero-order chi connectivity index (χ0) is 17.0. The van der Waals surface area contributed by atoms with Crippen molar-refractivity contribution in [3.63, 3.8) is 0 Å². The second-order valence-corrected chi connectivity index (χ2v) is 6.22. The number of aliphatic hydroxyl groups excluding tert-OH is 1. The third-order valence-corrected chi connectivity index (χ3v) is 4.37. The first-order valence-electron chi connectivity index (χ1n) is 7.87. The molecule has 2 rings (SSSR count). The second kappa shape index (κ2) is 7.52. The summed E-state index contributed by atoms with van der Waals surface area (Å²) in [5.74, 6) is 5.08. The lowest BCUT2D eigenvalue weighted by Crippen LogP contribution is -2.56. The topological polar surface area (TPSA) is 76.1 Å². The fourth-order valence-corrected chi connectivity index (χ4v) is 2.88. The van der Waals surface area contributed by atoms with Gasteiger partial charge in [0.1, 0.15) is 11.9 Å². The molecule has 0 aliphatic carbocycles. The molecule has 2 aliphatic heterocycles. The number of nitrogens with zero attached hydrogens (tertiary/aromatic N) is 1. The first-order chi connectivity index (χ1) is 10.9. The van der Waals surface area contributed by atoms with Crippen LogP contribution in [0.25, 0.3) is 0 Å². The molecule has 2 fully saturated rings. The van der Waals surface area contributed by atoms with Gasteiger partial charge < -0.3 is 14.6 Å². The Labute approximate surface area is 141 Å². The highest BCUT2D eigenvalue weighted by molar-refractivity contribution is 6.28. The van der Waals surface area contributed by atoms with Gasteiger partial charge in [0.25, 0.3) is 0 Å². The Morgan fingerprint density at radius 3 is 2.91 bits per heavy atom. The molecule has 0 aromatic heterocycles. The van der Waals surface area contributed by atoms with Gasteiger partial charge in [-0.15, -0.1) is 17.5 Å². The van der Waals surface area contributed by atoms with E-state index in [-0.39, 0.29) is 12.3 Å².